The van der Waals surface area contributed by atoms with Crippen molar-refractivity contribution in [2.75, 3.05) is 19.8 Å². The lowest BCUT2D eigenvalue weighted by Crippen LogP contribution is -2.42. The third-order valence-corrected chi connectivity index (χ3v) is 8.78. The van der Waals surface area contributed by atoms with Crippen LogP contribution in [0, 0.1) is 5.82 Å². The molecule has 210 valence electrons. The number of esters is 1. The standard InChI is InChI=1S/C27H29ClFNO8S/c1-2-35-25(31)22-13-27(11-10-24(22)39(33,34)17-19-8-9-20(29)12-23(19)28)37-16-21(38-27)14-30-26(32)36-15-18-6-4-3-5-7-18/h3-9,12-13,21,24H,2,10-11,14-17H2,1H3,(H,30,32)/t21-,24?,27?/m0/s1. The SMILES string of the molecule is CCOC(=O)C1=CC2(CCC1S(=O)(=O)Cc1ccc(F)cc1Cl)OC[C@H](CNC(=O)OCc1ccccc1)O2. The first kappa shape index (κ1) is 29.0. The highest BCUT2D eigenvalue weighted by molar-refractivity contribution is 7.91. The van der Waals surface area contributed by atoms with Crippen molar-refractivity contribution in [2.45, 2.75) is 49.3 Å². The summed E-state index contributed by atoms with van der Waals surface area (Å²) in [5, 5.41) is 1.41. The first-order valence-corrected chi connectivity index (χ1v) is 14.5. The quantitative estimate of drug-likeness (QED) is 0.440. The molecule has 1 N–H and O–H groups in total. The van der Waals surface area contributed by atoms with Gasteiger partial charge in [0.2, 0.25) is 0 Å². The fourth-order valence-electron chi connectivity index (χ4n) is 4.49. The number of nitrogens with one attached hydrogen (secondary N) is 1. The molecule has 1 amide bonds. The van der Waals surface area contributed by atoms with Gasteiger partial charge in [0.25, 0.3) is 0 Å². The highest BCUT2D eigenvalue weighted by atomic mass is 35.5. The fourth-order valence-corrected chi connectivity index (χ4v) is 6.71. The van der Waals surface area contributed by atoms with E-state index >= 15 is 0 Å². The smallest absolute Gasteiger partial charge is 0.407 e. The number of alkyl carbamates (subject to hydrolysis) is 1. The summed E-state index contributed by atoms with van der Waals surface area (Å²) in [6.07, 6.45) is 0.341. The number of halogens is 2. The Morgan fingerprint density at radius 3 is 2.67 bits per heavy atom. The van der Waals surface area contributed by atoms with Gasteiger partial charge >= 0.3 is 12.1 Å². The zero-order chi connectivity index (χ0) is 28.0. The predicted molar refractivity (Wildman–Crippen MR) is 140 cm³/mol. The third kappa shape index (κ3) is 7.36. The van der Waals surface area contributed by atoms with Crippen molar-refractivity contribution in [3.05, 3.63) is 82.1 Å². The van der Waals surface area contributed by atoms with Crippen molar-refractivity contribution in [1.29, 1.82) is 0 Å². The highest BCUT2D eigenvalue weighted by Crippen LogP contribution is 2.40. The number of ether oxygens (including phenoxy) is 4. The molecule has 1 aliphatic carbocycles. The molecular weight excluding hydrogens is 553 g/mol. The van der Waals surface area contributed by atoms with E-state index in [9.17, 15) is 22.4 Å². The molecule has 1 spiro atoms. The molecule has 0 bridgehead atoms. The van der Waals surface area contributed by atoms with E-state index in [0.29, 0.717) is 0 Å². The molecule has 3 atom stereocenters. The minimum absolute atomic E-state index is 0.0189. The van der Waals surface area contributed by atoms with E-state index in [0.717, 1.165) is 17.7 Å². The van der Waals surface area contributed by atoms with Crippen LogP contribution in [0.3, 0.4) is 0 Å². The lowest BCUT2D eigenvalue weighted by Gasteiger charge is -2.33. The molecule has 2 unspecified atom stereocenters. The highest BCUT2D eigenvalue weighted by Gasteiger charge is 2.48. The molecule has 2 aromatic rings. The van der Waals surface area contributed by atoms with Crippen LogP contribution >= 0.6 is 11.6 Å². The molecule has 1 fully saturated rings. The Hall–Kier alpha value is -2.99. The minimum Gasteiger partial charge on any atom is -0.463 e. The van der Waals surface area contributed by atoms with Gasteiger partial charge in [-0.05, 0) is 42.7 Å². The summed E-state index contributed by atoms with van der Waals surface area (Å²) in [5.74, 6) is -3.22. The van der Waals surface area contributed by atoms with Gasteiger partial charge in [0.15, 0.2) is 15.6 Å². The minimum atomic E-state index is -3.96. The van der Waals surface area contributed by atoms with Crippen molar-refractivity contribution in [2.24, 2.45) is 0 Å². The molecule has 2 aliphatic rings. The first-order valence-electron chi connectivity index (χ1n) is 12.4. The van der Waals surface area contributed by atoms with Gasteiger partial charge in [-0.25, -0.2) is 22.4 Å². The normalized spacial score (nSPS) is 22.8. The van der Waals surface area contributed by atoms with Gasteiger partial charge in [0, 0.05) is 18.0 Å². The average molecular weight is 582 g/mol. The zero-order valence-corrected chi connectivity index (χ0v) is 22.8. The molecule has 39 heavy (non-hydrogen) atoms. The first-order chi connectivity index (χ1) is 18.6. The average Bonchev–Trinajstić information content (AvgIpc) is 3.30. The molecule has 12 heteroatoms. The Labute approximate surface area is 231 Å². The number of sulfone groups is 1. The molecule has 1 saturated heterocycles. The van der Waals surface area contributed by atoms with Crippen LogP contribution in [-0.2, 0) is 45.9 Å². The van der Waals surface area contributed by atoms with E-state index in [-0.39, 0.29) is 55.4 Å². The van der Waals surface area contributed by atoms with Crippen LogP contribution in [-0.4, -0.2) is 57.4 Å². The van der Waals surface area contributed by atoms with E-state index < -0.39 is 50.6 Å². The Morgan fingerprint density at radius 1 is 1.18 bits per heavy atom. The number of benzene rings is 2. The van der Waals surface area contributed by atoms with Crippen LogP contribution in [0.1, 0.15) is 30.9 Å². The van der Waals surface area contributed by atoms with Crippen LogP contribution in [0.15, 0.2) is 60.2 Å². The van der Waals surface area contributed by atoms with Crippen molar-refractivity contribution in [3.8, 4) is 0 Å². The van der Waals surface area contributed by atoms with Gasteiger partial charge in [-0.15, -0.1) is 0 Å². The van der Waals surface area contributed by atoms with Gasteiger partial charge in [0.1, 0.15) is 18.5 Å². The summed E-state index contributed by atoms with van der Waals surface area (Å²) in [4.78, 5) is 24.9. The molecule has 1 aliphatic heterocycles. The van der Waals surface area contributed by atoms with Gasteiger partial charge in [-0.1, -0.05) is 48.0 Å². The number of hydrogen-bond acceptors (Lipinski definition) is 8. The Bertz CT molecular complexity index is 1340. The summed E-state index contributed by atoms with van der Waals surface area (Å²) in [6.45, 7) is 1.96. The van der Waals surface area contributed by atoms with Crippen molar-refractivity contribution >= 4 is 33.5 Å². The van der Waals surface area contributed by atoms with Gasteiger partial charge in [-0.2, -0.15) is 0 Å². The molecule has 2 aromatic carbocycles. The molecule has 0 radical (unpaired) electrons. The lowest BCUT2D eigenvalue weighted by atomic mass is 9.94. The topological polar surface area (TPSA) is 117 Å². The maximum absolute atomic E-state index is 13.4. The lowest BCUT2D eigenvalue weighted by molar-refractivity contribution is -0.146. The van der Waals surface area contributed by atoms with Gasteiger partial charge in [-0.3, -0.25) is 0 Å². The number of hydrogen-bond donors (Lipinski definition) is 1. The van der Waals surface area contributed by atoms with E-state index in [1.165, 1.54) is 12.1 Å². The van der Waals surface area contributed by atoms with Crippen LogP contribution in [0.4, 0.5) is 9.18 Å². The number of carbonyl (C=O) groups is 2. The zero-order valence-electron chi connectivity index (χ0n) is 21.2. The molecule has 0 saturated carbocycles. The summed E-state index contributed by atoms with van der Waals surface area (Å²) in [5.41, 5.74) is 0.967. The van der Waals surface area contributed by atoms with Crippen molar-refractivity contribution in [3.63, 3.8) is 0 Å². The number of carbonyl (C=O) groups excluding carboxylic acids is 2. The van der Waals surface area contributed by atoms with Crippen molar-refractivity contribution < 1.29 is 41.3 Å². The maximum atomic E-state index is 13.4. The second-order valence-electron chi connectivity index (χ2n) is 9.20. The molecule has 4 rings (SSSR count). The molecule has 1 heterocycles. The predicted octanol–water partition coefficient (Wildman–Crippen LogP) is 4.08. The van der Waals surface area contributed by atoms with Crippen molar-refractivity contribution in [1.82, 2.24) is 5.32 Å². The van der Waals surface area contributed by atoms with Crippen LogP contribution in [0.2, 0.25) is 5.02 Å². The number of rotatable bonds is 9. The summed E-state index contributed by atoms with van der Waals surface area (Å²) in [6, 6.07) is 12.7. The summed E-state index contributed by atoms with van der Waals surface area (Å²) in [7, 11) is -3.96. The second-order valence-corrected chi connectivity index (χ2v) is 11.8. The van der Waals surface area contributed by atoms with Crippen LogP contribution in [0.5, 0.6) is 0 Å². The Balaban J connectivity index is 1.43. The number of amides is 1. The summed E-state index contributed by atoms with van der Waals surface area (Å²) < 4.78 is 62.4. The fraction of sp³-hybridized carbons (Fsp3) is 0.407. The largest absolute Gasteiger partial charge is 0.463 e. The Morgan fingerprint density at radius 2 is 1.95 bits per heavy atom. The van der Waals surface area contributed by atoms with E-state index in [2.05, 4.69) is 5.32 Å². The molecule has 9 nitrogen and oxygen atoms in total. The third-order valence-electron chi connectivity index (χ3n) is 6.36. The van der Waals surface area contributed by atoms with E-state index in [1.807, 2.05) is 30.3 Å². The van der Waals surface area contributed by atoms with E-state index in [1.54, 1.807) is 6.92 Å². The van der Waals surface area contributed by atoms with Gasteiger partial charge in [0.05, 0.1) is 29.8 Å². The maximum Gasteiger partial charge on any atom is 0.407 e. The van der Waals surface area contributed by atoms with E-state index in [4.69, 9.17) is 30.5 Å². The van der Waals surface area contributed by atoms with Gasteiger partial charge < -0.3 is 24.3 Å². The Kier molecular flexibility index (Phi) is 9.27. The molecular formula is C27H29ClFNO8S. The second kappa shape index (κ2) is 12.5. The van der Waals surface area contributed by atoms with Crippen LogP contribution < -0.4 is 5.32 Å². The van der Waals surface area contributed by atoms with Crippen LogP contribution in [0.25, 0.3) is 0 Å². The monoisotopic (exact) mass is 581 g/mol. The summed E-state index contributed by atoms with van der Waals surface area (Å²) >= 11 is 6.05. The molecule has 0 aromatic heterocycles.